The first-order valence-electron chi connectivity index (χ1n) is 0.690. The summed E-state index contributed by atoms with van der Waals surface area (Å²) < 4.78 is 9.51. The first kappa shape index (κ1) is 10.6. The van der Waals surface area contributed by atoms with Gasteiger partial charge in [-0.1, -0.05) is 0 Å². The van der Waals surface area contributed by atoms with Gasteiger partial charge in [0.2, 0.25) is 0 Å². The second-order valence-electron chi connectivity index (χ2n) is 0.399. The van der Waals surface area contributed by atoms with Gasteiger partial charge in [0.05, 0.1) is 0 Å². The normalized spacial score (nSPS) is 9.83. The molecule has 0 aromatic heterocycles. The van der Waals surface area contributed by atoms with Crippen molar-refractivity contribution in [2.24, 2.45) is 0 Å². The highest BCUT2D eigenvalue weighted by Gasteiger charge is 2.02. The molecule has 0 fully saturated rings. The molecular weight excluding hydrogens is 180 g/mol. The number of hydrogen-bond acceptors (Lipinski definition) is 1. The molecule has 0 rings (SSSR count). The van der Waals surface area contributed by atoms with Crippen molar-refractivity contribution in [3.05, 3.63) is 0 Å². The van der Waals surface area contributed by atoms with Gasteiger partial charge in [-0.25, -0.2) is 0 Å². The summed E-state index contributed by atoms with van der Waals surface area (Å²) in [5, 5.41) is -3.22. The Morgan fingerprint density at radius 1 is 1.17 bits per heavy atom. The minimum absolute atomic E-state index is 0. The Hall–Kier alpha value is 1.63. The van der Waals surface area contributed by atoms with Crippen LogP contribution in [0.4, 0.5) is 0 Å². The lowest BCUT2D eigenvalue weighted by molar-refractivity contribution is 0.600. The van der Waals surface area contributed by atoms with E-state index in [1.54, 1.807) is 0 Å². The van der Waals surface area contributed by atoms with E-state index in [0.717, 1.165) is 0 Å². The van der Waals surface area contributed by atoms with Crippen LogP contribution in [-0.2, 0) is 4.57 Å². The van der Waals surface area contributed by atoms with Gasteiger partial charge in [0, 0.05) is 17.4 Å². The lowest BCUT2D eigenvalue weighted by Crippen LogP contribution is -1.19. The predicted molar refractivity (Wildman–Crippen MR) is 30.9 cm³/mol. The zero-order chi connectivity index (χ0) is 4.50. The third-order valence-electron chi connectivity index (χ3n) is 0. The Kier molecular flexibility index (Phi) is 6.37. The van der Waals surface area contributed by atoms with Crippen molar-refractivity contribution in [2.45, 2.75) is 0 Å². The maximum Gasteiger partial charge on any atom is 0.339 e. The van der Waals surface area contributed by atoms with Gasteiger partial charge in [0.15, 0.2) is 0 Å². The van der Waals surface area contributed by atoms with E-state index in [4.69, 9.17) is 0 Å². The van der Waals surface area contributed by atoms with Crippen molar-refractivity contribution in [1.29, 1.82) is 0 Å². The third-order valence-corrected chi connectivity index (χ3v) is 0. The molecule has 0 spiro atoms. The van der Waals surface area contributed by atoms with E-state index in [-0.39, 0.29) is 17.4 Å². The smallest absolute Gasteiger partial charge is 0.271 e. The van der Waals surface area contributed by atoms with Crippen molar-refractivity contribution < 1.29 is 4.57 Å². The second-order valence-corrected chi connectivity index (χ2v) is 7.04. The van der Waals surface area contributed by atoms with E-state index in [1.807, 2.05) is 0 Å². The van der Waals surface area contributed by atoms with Gasteiger partial charge in [0.1, 0.15) is 0 Å². The first-order chi connectivity index (χ1) is 2.00. The van der Waals surface area contributed by atoms with E-state index in [0.29, 0.717) is 0 Å². The highest BCUT2D eigenvalue weighted by molar-refractivity contribution is 8.24. The summed E-state index contributed by atoms with van der Waals surface area (Å²) in [5.74, 6) is 0. The zero-order valence-corrected chi connectivity index (χ0v) is 6.88. The Labute approximate surface area is 60.8 Å². The molecule has 0 aromatic carbocycles. The van der Waals surface area contributed by atoms with Crippen LogP contribution >= 0.6 is 38.9 Å². The molecule has 0 saturated carbocycles. The van der Waals surface area contributed by atoms with Gasteiger partial charge < -0.3 is 0 Å². The van der Waals surface area contributed by atoms with Gasteiger partial charge >= 0.3 is 5.20 Å². The molecule has 0 atom stereocenters. The molecular formula is AlCl3OP. The van der Waals surface area contributed by atoms with Gasteiger partial charge in [-0.15, -0.1) is 0 Å². The minimum atomic E-state index is -3.22. The topological polar surface area (TPSA) is 17.1 Å². The van der Waals surface area contributed by atoms with Crippen molar-refractivity contribution in [3.63, 3.8) is 0 Å². The fourth-order valence-electron chi connectivity index (χ4n) is 0. The summed E-state index contributed by atoms with van der Waals surface area (Å²) in [4.78, 5) is 0. The van der Waals surface area contributed by atoms with Crippen LogP contribution in [0.15, 0.2) is 0 Å². The van der Waals surface area contributed by atoms with Gasteiger partial charge in [-0.05, 0) is 33.7 Å². The SMILES string of the molecule is O=P(Cl)(Cl)Cl.[Al]. The lowest BCUT2D eigenvalue weighted by Gasteiger charge is -1.74. The van der Waals surface area contributed by atoms with Crippen LogP contribution in [0, 0.1) is 0 Å². The van der Waals surface area contributed by atoms with E-state index in [2.05, 4.69) is 33.7 Å². The van der Waals surface area contributed by atoms with Crippen LogP contribution in [0.3, 0.4) is 0 Å². The average molecular weight is 180 g/mol. The second kappa shape index (κ2) is 3.61. The first-order valence-corrected chi connectivity index (χ1v) is 5.11. The van der Waals surface area contributed by atoms with Crippen molar-refractivity contribution in [3.8, 4) is 0 Å². The fraction of sp³-hybridized carbons (Fsp3) is 0. The molecule has 0 unspecified atom stereocenters. The van der Waals surface area contributed by atoms with Gasteiger partial charge in [0.25, 0.3) is 0 Å². The Morgan fingerprint density at radius 2 is 1.17 bits per heavy atom. The lowest BCUT2D eigenvalue weighted by atomic mass is 16.0. The predicted octanol–water partition coefficient (Wildman–Crippen LogP) is 2.43. The maximum atomic E-state index is 9.51. The highest BCUT2D eigenvalue weighted by atomic mass is 36.0. The summed E-state index contributed by atoms with van der Waals surface area (Å²) in [7, 11) is 0. The van der Waals surface area contributed by atoms with E-state index >= 15 is 0 Å². The molecule has 0 heterocycles. The molecule has 0 N–H and O–H groups in total. The monoisotopic (exact) mass is 179 g/mol. The van der Waals surface area contributed by atoms with E-state index in [1.165, 1.54) is 0 Å². The van der Waals surface area contributed by atoms with Crippen LogP contribution in [0.5, 0.6) is 0 Å². The van der Waals surface area contributed by atoms with Crippen LogP contribution in [0.25, 0.3) is 0 Å². The summed E-state index contributed by atoms with van der Waals surface area (Å²) in [5.41, 5.74) is 0. The Balaban J connectivity index is 0. The molecule has 3 radical (unpaired) electrons. The molecule has 35 valence electrons. The largest absolute Gasteiger partial charge is 0.339 e. The quantitative estimate of drug-likeness (QED) is 0.413. The minimum Gasteiger partial charge on any atom is -0.271 e. The molecule has 0 amide bonds. The maximum absolute atomic E-state index is 9.51. The van der Waals surface area contributed by atoms with Crippen molar-refractivity contribution >= 4 is 56.3 Å². The molecule has 1 nitrogen and oxygen atoms in total. The number of rotatable bonds is 0. The zero-order valence-electron chi connectivity index (χ0n) is 2.57. The summed E-state index contributed by atoms with van der Waals surface area (Å²) in [6.07, 6.45) is 0. The van der Waals surface area contributed by atoms with Gasteiger partial charge in [-0.3, -0.25) is 4.57 Å². The summed E-state index contributed by atoms with van der Waals surface area (Å²) >= 11 is 13.8. The van der Waals surface area contributed by atoms with E-state index < -0.39 is 5.20 Å². The standard InChI is InChI=1S/Al.Cl3OP/c;1-5(2,3)4. The van der Waals surface area contributed by atoms with E-state index in [9.17, 15) is 4.57 Å². The number of halogens is 3. The van der Waals surface area contributed by atoms with Crippen LogP contribution in [0.2, 0.25) is 0 Å². The van der Waals surface area contributed by atoms with Crippen molar-refractivity contribution in [2.75, 3.05) is 0 Å². The summed E-state index contributed by atoms with van der Waals surface area (Å²) in [6.45, 7) is 0. The Morgan fingerprint density at radius 3 is 1.17 bits per heavy atom. The van der Waals surface area contributed by atoms with Gasteiger partial charge in [-0.2, -0.15) is 0 Å². The van der Waals surface area contributed by atoms with Crippen LogP contribution in [0.1, 0.15) is 0 Å². The van der Waals surface area contributed by atoms with Crippen molar-refractivity contribution in [1.82, 2.24) is 0 Å². The third kappa shape index (κ3) is 45.4. The molecule has 6 heavy (non-hydrogen) atoms. The number of hydrogen-bond donors (Lipinski definition) is 0. The molecule has 0 bridgehead atoms. The van der Waals surface area contributed by atoms with Crippen LogP contribution in [-0.4, -0.2) is 17.4 Å². The highest BCUT2D eigenvalue weighted by Crippen LogP contribution is 2.61. The molecule has 0 aliphatic carbocycles. The fourth-order valence-corrected chi connectivity index (χ4v) is 0. The van der Waals surface area contributed by atoms with Crippen LogP contribution < -0.4 is 0 Å². The molecule has 0 aromatic rings. The Bertz CT molecular complexity index is 56.9. The summed E-state index contributed by atoms with van der Waals surface area (Å²) in [6, 6.07) is 0. The molecule has 0 saturated heterocycles. The molecule has 0 aliphatic rings. The average Bonchev–Trinajstić information content (AvgIpc) is 0.722. The molecule has 0 aliphatic heterocycles. The molecule has 6 heteroatoms.